The fourth-order valence-corrected chi connectivity index (χ4v) is 2.79. The van der Waals surface area contributed by atoms with Gasteiger partial charge < -0.3 is 9.69 Å². The van der Waals surface area contributed by atoms with Crippen LogP contribution in [0.1, 0.15) is 38.3 Å². The minimum absolute atomic E-state index is 0.0344. The molecule has 1 fully saturated rings. The first-order valence-corrected chi connectivity index (χ1v) is 7.03. The van der Waals surface area contributed by atoms with Crippen molar-refractivity contribution in [3.05, 3.63) is 15.8 Å². The molecule has 0 aliphatic carbocycles. The zero-order valence-electron chi connectivity index (χ0n) is 11.9. The number of nitrogens with zero attached hydrogens (tertiary/aromatic N) is 4. The molecule has 0 N–H and O–H groups in total. The molecule has 0 saturated carbocycles. The molecule has 0 amide bonds. The van der Waals surface area contributed by atoms with Gasteiger partial charge >= 0.3 is 5.69 Å². The van der Waals surface area contributed by atoms with Crippen LogP contribution in [0.25, 0.3) is 0 Å². The van der Waals surface area contributed by atoms with Gasteiger partial charge in [0.1, 0.15) is 12.0 Å². The molecule has 1 aromatic heterocycles. The highest BCUT2D eigenvalue weighted by atomic mass is 16.6. The number of hydrogen-bond donors (Lipinski definition) is 0. The van der Waals surface area contributed by atoms with Gasteiger partial charge in [0.2, 0.25) is 5.82 Å². The van der Waals surface area contributed by atoms with E-state index in [1.54, 1.807) is 11.6 Å². The van der Waals surface area contributed by atoms with E-state index < -0.39 is 0 Å². The van der Waals surface area contributed by atoms with E-state index in [0.29, 0.717) is 24.6 Å². The normalized spacial score (nSPS) is 19.1. The maximum absolute atomic E-state index is 11.3. The van der Waals surface area contributed by atoms with Crippen molar-refractivity contribution in [1.82, 2.24) is 9.78 Å². The first-order valence-electron chi connectivity index (χ1n) is 7.03. The second-order valence-electron chi connectivity index (χ2n) is 5.13. The molecule has 20 heavy (non-hydrogen) atoms. The minimum Gasteiger partial charge on any atom is -0.341 e. The van der Waals surface area contributed by atoms with Crippen LogP contribution in [0.3, 0.4) is 0 Å². The van der Waals surface area contributed by atoms with Gasteiger partial charge in [0, 0.05) is 13.1 Å². The van der Waals surface area contributed by atoms with Crippen molar-refractivity contribution in [2.75, 3.05) is 11.4 Å². The van der Waals surface area contributed by atoms with Gasteiger partial charge in [0.15, 0.2) is 0 Å². The Morgan fingerprint density at radius 1 is 1.50 bits per heavy atom. The summed E-state index contributed by atoms with van der Waals surface area (Å²) in [5.74, 6) is 0.492. The van der Waals surface area contributed by atoms with E-state index >= 15 is 0 Å². The predicted octanol–water partition coefficient (Wildman–Crippen LogP) is 2.07. The molecule has 0 radical (unpaired) electrons. The lowest BCUT2D eigenvalue weighted by molar-refractivity contribution is -0.384. The molecule has 1 aromatic rings. The summed E-state index contributed by atoms with van der Waals surface area (Å²) in [6, 6.07) is -0.283. The monoisotopic (exact) mass is 280 g/mol. The Kier molecular flexibility index (Phi) is 4.36. The van der Waals surface area contributed by atoms with Crippen LogP contribution in [0.4, 0.5) is 11.5 Å². The second kappa shape index (κ2) is 6.02. The minimum atomic E-state index is -0.389. The SMILES string of the molecule is CCCn1nc(C)c([N+](=O)[O-])c1N1CCCCC1C=O. The standard InChI is InChI=1S/C13H20N4O3/c1-3-7-16-13(12(17(19)20)10(2)14-16)15-8-5-4-6-11(15)9-18/h9,11H,3-8H2,1-2H3. The van der Waals surface area contributed by atoms with Crippen molar-refractivity contribution in [3.63, 3.8) is 0 Å². The third kappa shape index (κ3) is 2.52. The Morgan fingerprint density at radius 2 is 2.25 bits per heavy atom. The summed E-state index contributed by atoms with van der Waals surface area (Å²) >= 11 is 0. The van der Waals surface area contributed by atoms with Crippen LogP contribution < -0.4 is 4.90 Å². The highest BCUT2D eigenvalue weighted by Gasteiger charge is 2.34. The van der Waals surface area contributed by atoms with Crippen LogP contribution in [0, 0.1) is 17.0 Å². The fraction of sp³-hybridized carbons (Fsp3) is 0.692. The van der Waals surface area contributed by atoms with E-state index in [2.05, 4.69) is 5.10 Å². The molecule has 110 valence electrons. The van der Waals surface area contributed by atoms with Gasteiger partial charge in [0.25, 0.3) is 0 Å². The van der Waals surface area contributed by atoms with Crippen LogP contribution in [-0.2, 0) is 11.3 Å². The second-order valence-corrected chi connectivity index (χ2v) is 5.13. The summed E-state index contributed by atoms with van der Waals surface area (Å²) < 4.78 is 1.68. The largest absolute Gasteiger partial charge is 0.341 e. The Morgan fingerprint density at radius 3 is 2.85 bits per heavy atom. The molecule has 2 heterocycles. The van der Waals surface area contributed by atoms with Crippen LogP contribution >= 0.6 is 0 Å². The maximum atomic E-state index is 11.3. The predicted molar refractivity (Wildman–Crippen MR) is 75.0 cm³/mol. The number of aryl methyl sites for hydroxylation is 2. The van der Waals surface area contributed by atoms with E-state index in [9.17, 15) is 14.9 Å². The molecule has 0 aromatic carbocycles. The average Bonchev–Trinajstić information content (AvgIpc) is 2.75. The molecule has 1 saturated heterocycles. The number of aldehydes is 1. The highest BCUT2D eigenvalue weighted by Crippen LogP contribution is 2.35. The summed E-state index contributed by atoms with van der Waals surface area (Å²) in [7, 11) is 0. The third-order valence-electron chi connectivity index (χ3n) is 3.67. The molecule has 1 aliphatic rings. The fourth-order valence-electron chi connectivity index (χ4n) is 2.79. The van der Waals surface area contributed by atoms with Crippen molar-refractivity contribution in [1.29, 1.82) is 0 Å². The number of anilines is 1. The van der Waals surface area contributed by atoms with Gasteiger partial charge in [0.05, 0.1) is 11.0 Å². The third-order valence-corrected chi connectivity index (χ3v) is 3.67. The Labute approximate surface area is 117 Å². The van der Waals surface area contributed by atoms with Crippen molar-refractivity contribution in [2.24, 2.45) is 0 Å². The van der Waals surface area contributed by atoms with E-state index in [1.807, 2.05) is 11.8 Å². The number of aromatic nitrogens is 2. The zero-order chi connectivity index (χ0) is 14.7. The smallest absolute Gasteiger partial charge is 0.333 e. The summed E-state index contributed by atoms with van der Waals surface area (Å²) in [4.78, 5) is 24.1. The molecule has 7 nitrogen and oxygen atoms in total. The number of hydrogen-bond acceptors (Lipinski definition) is 5. The van der Waals surface area contributed by atoms with Crippen LogP contribution in [0.5, 0.6) is 0 Å². The van der Waals surface area contributed by atoms with E-state index in [4.69, 9.17) is 0 Å². The lowest BCUT2D eigenvalue weighted by Crippen LogP contribution is -2.42. The van der Waals surface area contributed by atoms with Crippen LogP contribution in [-0.4, -0.2) is 33.6 Å². The van der Waals surface area contributed by atoms with Crippen LogP contribution in [0.15, 0.2) is 0 Å². The van der Waals surface area contributed by atoms with Crippen molar-refractivity contribution < 1.29 is 9.72 Å². The highest BCUT2D eigenvalue weighted by molar-refractivity contribution is 5.70. The van der Waals surface area contributed by atoms with E-state index in [0.717, 1.165) is 32.0 Å². The molecule has 1 aliphatic heterocycles. The Hall–Kier alpha value is -1.92. The molecule has 1 atom stereocenters. The average molecular weight is 280 g/mol. The van der Waals surface area contributed by atoms with Gasteiger partial charge in [-0.25, -0.2) is 4.68 Å². The van der Waals surface area contributed by atoms with Crippen molar-refractivity contribution in [2.45, 2.75) is 52.1 Å². The van der Waals surface area contributed by atoms with Crippen molar-refractivity contribution in [3.8, 4) is 0 Å². The van der Waals surface area contributed by atoms with Crippen LogP contribution in [0.2, 0.25) is 0 Å². The Bertz CT molecular complexity index is 512. The van der Waals surface area contributed by atoms with Gasteiger partial charge in [-0.1, -0.05) is 6.92 Å². The topological polar surface area (TPSA) is 81.3 Å². The first kappa shape index (κ1) is 14.5. The summed E-state index contributed by atoms with van der Waals surface area (Å²) in [5, 5.41) is 15.6. The number of piperidine rings is 1. The summed E-state index contributed by atoms with van der Waals surface area (Å²) in [5.41, 5.74) is 0.445. The lowest BCUT2D eigenvalue weighted by Gasteiger charge is -2.33. The molecule has 2 rings (SSSR count). The summed E-state index contributed by atoms with van der Waals surface area (Å²) in [6.45, 7) is 4.93. The molecule has 0 bridgehead atoms. The van der Waals surface area contributed by atoms with Gasteiger partial charge in [-0.2, -0.15) is 5.10 Å². The van der Waals surface area contributed by atoms with Gasteiger partial charge in [-0.15, -0.1) is 0 Å². The molecular weight excluding hydrogens is 260 g/mol. The quantitative estimate of drug-likeness (QED) is 0.468. The number of nitro groups is 1. The lowest BCUT2D eigenvalue weighted by atomic mass is 10.0. The maximum Gasteiger partial charge on any atom is 0.333 e. The Balaban J connectivity index is 2.51. The molecule has 1 unspecified atom stereocenters. The zero-order valence-corrected chi connectivity index (χ0v) is 11.9. The van der Waals surface area contributed by atoms with Gasteiger partial charge in [-0.3, -0.25) is 10.1 Å². The molecule has 0 spiro atoms. The number of carbonyl (C=O) groups excluding carboxylic acids is 1. The number of carbonyl (C=O) groups is 1. The van der Waals surface area contributed by atoms with E-state index in [1.165, 1.54) is 0 Å². The van der Waals surface area contributed by atoms with Crippen molar-refractivity contribution >= 4 is 17.8 Å². The van der Waals surface area contributed by atoms with E-state index in [-0.39, 0.29) is 16.7 Å². The molecule has 7 heteroatoms. The number of rotatable bonds is 5. The summed E-state index contributed by atoms with van der Waals surface area (Å²) in [6.07, 6.45) is 4.40. The first-order chi connectivity index (χ1) is 9.60. The van der Waals surface area contributed by atoms with Gasteiger partial charge in [-0.05, 0) is 32.6 Å². The molecular formula is C13H20N4O3.